The van der Waals surface area contributed by atoms with Crippen LogP contribution in [-0.2, 0) is 14.3 Å². The molecule has 3 unspecified atom stereocenters. The molecule has 0 rings (SSSR count). The average Bonchev–Trinajstić information content (AvgIpc) is 3.29. The van der Waals surface area contributed by atoms with Gasteiger partial charge in [0.25, 0.3) is 0 Å². The van der Waals surface area contributed by atoms with Crippen LogP contribution in [0.5, 0.6) is 0 Å². The smallest absolute Gasteiger partial charge is 0.306 e. The molecule has 0 radical (unpaired) electrons. The van der Waals surface area contributed by atoms with E-state index in [0.29, 0.717) is 19.3 Å². The maximum Gasteiger partial charge on any atom is 0.306 e. The fourth-order valence-electron chi connectivity index (χ4n) is 7.40. The van der Waals surface area contributed by atoms with Gasteiger partial charge >= 0.3 is 5.97 Å². The molecule has 0 aliphatic carbocycles. The van der Waals surface area contributed by atoms with E-state index in [1.807, 2.05) is 72.9 Å². The summed E-state index contributed by atoms with van der Waals surface area (Å²) in [5, 5.41) is 23.8. The van der Waals surface area contributed by atoms with Crippen LogP contribution in [0.25, 0.3) is 0 Å². The third kappa shape index (κ3) is 45.1. The Morgan fingerprint density at radius 1 is 0.469 bits per heavy atom. The minimum atomic E-state index is -0.814. The number of carbonyl (C=O) groups is 2. The van der Waals surface area contributed by atoms with Gasteiger partial charge in [-0.3, -0.25) is 9.59 Å². The molecule has 3 N–H and O–H groups in total. The lowest BCUT2D eigenvalue weighted by molar-refractivity contribution is -0.151. The minimum absolute atomic E-state index is 0.0272. The molecule has 0 aromatic carbocycles. The molecule has 3 atom stereocenters. The van der Waals surface area contributed by atoms with Crippen LogP contribution in [0.2, 0.25) is 0 Å². The average molecular weight is 888 g/mol. The number of nitrogens with one attached hydrogen (secondary N) is 1. The van der Waals surface area contributed by atoms with Gasteiger partial charge in [0.05, 0.1) is 25.2 Å². The predicted octanol–water partition coefficient (Wildman–Crippen LogP) is 15.9. The summed E-state index contributed by atoms with van der Waals surface area (Å²) in [6.45, 7) is 6.18. The van der Waals surface area contributed by atoms with Gasteiger partial charge in [-0.05, 0) is 64.2 Å². The topological polar surface area (TPSA) is 95.9 Å². The van der Waals surface area contributed by atoms with Crippen molar-refractivity contribution in [2.24, 2.45) is 0 Å². The van der Waals surface area contributed by atoms with Gasteiger partial charge in [-0.1, -0.05) is 252 Å². The highest BCUT2D eigenvalue weighted by Crippen LogP contribution is 2.17. The van der Waals surface area contributed by atoms with Crippen LogP contribution in [0, 0.1) is 0 Å². The number of carbonyl (C=O) groups excluding carboxylic acids is 2. The monoisotopic (exact) mass is 888 g/mol. The van der Waals surface area contributed by atoms with Gasteiger partial charge in [0.1, 0.15) is 6.10 Å². The highest BCUT2D eigenvalue weighted by Gasteiger charge is 2.24. The highest BCUT2D eigenvalue weighted by molar-refractivity contribution is 5.77. The third-order valence-corrected chi connectivity index (χ3v) is 11.3. The third-order valence-electron chi connectivity index (χ3n) is 11.3. The summed E-state index contributed by atoms with van der Waals surface area (Å²) in [5.74, 6) is -0.571. The Balaban J connectivity index is 4.67. The van der Waals surface area contributed by atoms with E-state index in [-0.39, 0.29) is 24.9 Å². The molecule has 0 aromatic heterocycles. The first-order chi connectivity index (χ1) is 31.5. The zero-order chi connectivity index (χ0) is 46.7. The standard InChI is InChI=1S/C58H97NO5/c1-4-7-10-13-16-19-22-25-27-28-30-32-35-38-41-44-47-50-56(61)55(53-60)59-57(62)52-54(49-46-43-40-37-34-31-24-21-18-15-12-9-6-3)64-58(63)51-48-45-42-39-36-33-29-26-23-20-17-14-11-8-5-2/h8-9,11-12,14-15,17-18,20-21,23-24,26,29,31,33-34,36,54-56,60-61H,4-7,10,13,16,19,22,25,27-28,30,32,35,37-53H2,1-3H3,(H,59,62)/b11-8+,12-9+,17-14+,18-15+,23-20-,24-21+,29-26-,34-31-,36-33+. The first-order valence-electron chi connectivity index (χ1n) is 26.2. The van der Waals surface area contributed by atoms with Crippen LogP contribution in [-0.4, -0.2) is 46.9 Å². The molecule has 1 amide bonds. The van der Waals surface area contributed by atoms with Gasteiger partial charge in [-0.2, -0.15) is 0 Å². The summed E-state index contributed by atoms with van der Waals surface area (Å²) in [6.07, 6.45) is 68.6. The molecule has 64 heavy (non-hydrogen) atoms. The van der Waals surface area contributed by atoms with Gasteiger partial charge in [-0.25, -0.2) is 0 Å². The number of rotatable bonds is 45. The van der Waals surface area contributed by atoms with E-state index in [0.717, 1.165) is 83.5 Å². The molecule has 0 heterocycles. The van der Waals surface area contributed by atoms with E-state index in [1.165, 1.54) is 89.9 Å². The van der Waals surface area contributed by atoms with Crippen LogP contribution in [0.3, 0.4) is 0 Å². The summed E-state index contributed by atoms with van der Waals surface area (Å²) in [6, 6.07) is -0.731. The van der Waals surface area contributed by atoms with Gasteiger partial charge in [0, 0.05) is 6.42 Å². The molecule has 6 nitrogen and oxygen atoms in total. The van der Waals surface area contributed by atoms with Crippen molar-refractivity contribution < 1.29 is 24.5 Å². The van der Waals surface area contributed by atoms with Crippen LogP contribution >= 0.6 is 0 Å². The predicted molar refractivity (Wildman–Crippen MR) is 277 cm³/mol. The number of aliphatic hydroxyl groups is 2. The van der Waals surface area contributed by atoms with Gasteiger partial charge in [0.2, 0.25) is 5.91 Å². The first kappa shape index (κ1) is 60.5. The Kier molecular flexibility index (Phi) is 47.8. The highest BCUT2D eigenvalue weighted by atomic mass is 16.5. The summed E-state index contributed by atoms with van der Waals surface area (Å²) in [5.41, 5.74) is 0. The Hall–Kier alpha value is -3.48. The SMILES string of the molecule is CC/C=C/C=C/C=C\C=C/C=C/CCCCCC(=O)OC(CCCCC\C=C/C=C/C=C/C=C/CC)CC(=O)NC(CO)C(O)CCCCCCCCCCCCCCCCCCC. The van der Waals surface area contributed by atoms with Crippen molar-refractivity contribution in [1.82, 2.24) is 5.32 Å². The van der Waals surface area contributed by atoms with Crippen molar-refractivity contribution >= 4 is 11.9 Å². The maximum atomic E-state index is 13.2. The van der Waals surface area contributed by atoms with Gasteiger partial charge in [-0.15, -0.1) is 0 Å². The fraction of sp³-hybridized carbons (Fsp3) is 0.655. The number of ether oxygens (including phenoxy) is 1. The van der Waals surface area contributed by atoms with E-state index in [1.54, 1.807) is 0 Å². The number of amides is 1. The molecule has 6 heteroatoms. The van der Waals surface area contributed by atoms with Crippen LogP contribution in [0.15, 0.2) is 109 Å². The van der Waals surface area contributed by atoms with E-state index in [9.17, 15) is 19.8 Å². The first-order valence-corrected chi connectivity index (χ1v) is 26.2. The Morgan fingerprint density at radius 3 is 1.28 bits per heavy atom. The van der Waals surface area contributed by atoms with Crippen molar-refractivity contribution in [3.63, 3.8) is 0 Å². The van der Waals surface area contributed by atoms with Crippen molar-refractivity contribution in [2.75, 3.05) is 6.61 Å². The molecule has 364 valence electrons. The molecule has 0 saturated carbocycles. The number of aliphatic hydroxyl groups excluding tert-OH is 2. The van der Waals surface area contributed by atoms with Crippen LogP contribution in [0.4, 0.5) is 0 Å². The summed E-state index contributed by atoms with van der Waals surface area (Å²) >= 11 is 0. The molecule has 0 fully saturated rings. The summed E-state index contributed by atoms with van der Waals surface area (Å²) in [4.78, 5) is 26.1. The maximum absolute atomic E-state index is 13.2. The molecule has 0 spiro atoms. The van der Waals surface area contributed by atoms with Crippen molar-refractivity contribution in [3.8, 4) is 0 Å². The Labute approximate surface area is 394 Å². The minimum Gasteiger partial charge on any atom is -0.462 e. The lowest BCUT2D eigenvalue weighted by Crippen LogP contribution is -2.46. The van der Waals surface area contributed by atoms with E-state index in [4.69, 9.17) is 4.74 Å². The van der Waals surface area contributed by atoms with Crippen molar-refractivity contribution in [2.45, 2.75) is 238 Å². The number of unbranched alkanes of at least 4 members (excludes halogenated alkanes) is 22. The van der Waals surface area contributed by atoms with Crippen molar-refractivity contribution in [1.29, 1.82) is 0 Å². The Bertz CT molecular complexity index is 1320. The molecule has 0 aliphatic heterocycles. The van der Waals surface area contributed by atoms with Crippen LogP contribution < -0.4 is 5.32 Å². The molecular weight excluding hydrogens is 791 g/mol. The van der Waals surface area contributed by atoms with E-state index < -0.39 is 18.2 Å². The number of allylic oxidation sites excluding steroid dienone is 18. The molecule has 0 aliphatic rings. The van der Waals surface area contributed by atoms with Crippen molar-refractivity contribution in [3.05, 3.63) is 109 Å². The van der Waals surface area contributed by atoms with E-state index >= 15 is 0 Å². The largest absolute Gasteiger partial charge is 0.462 e. The van der Waals surface area contributed by atoms with E-state index in [2.05, 4.69) is 62.5 Å². The molecule has 0 saturated heterocycles. The number of hydrogen-bond acceptors (Lipinski definition) is 5. The summed E-state index contributed by atoms with van der Waals surface area (Å²) < 4.78 is 5.89. The lowest BCUT2D eigenvalue weighted by atomic mass is 10.0. The second kappa shape index (κ2) is 50.5. The second-order valence-electron chi connectivity index (χ2n) is 17.4. The Morgan fingerprint density at radius 2 is 0.844 bits per heavy atom. The zero-order valence-corrected chi connectivity index (χ0v) is 41.4. The lowest BCUT2D eigenvalue weighted by Gasteiger charge is -2.24. The van der Waals surface area contributed by atoms with Gasteiger partial charge < -0.3 is 20.3 Å². The summed E-state index contributed by atoms with van der Waals surface area (Å²) in [7, 11) is 0. The van der Waals surface area contributed by atoms with Crippen LogP contribution in [0.1, 0.15) is 220 Å². The normalized spacial score (nSPS) is 14.1. The second-order valence-corrected chi connectivity index (χ2v) is 17.4. The fourth-order valence-corrected chi connectivity index (χ4v) is 7.40. The number of hydrogen-bond donors (Lipinski definition) is 3. The quantitative estimate of drug-likeness (QED) is 0.0322. The molecule has 0 bridgehead atoms. The number of esters is 1. The molecular formula is C58H97NO5. The zero-order valence-electron chi connectivity index (χ0n) is 41.4. The van der Waals surface area contributed by atoms with Gasteiger partial charge in [0.15, 0.2) is 0 Å². The molecule has 0 aromatic rings.